The first kappa shape index (κ1) is 16.8. The van der Waals surface area contributed by atoms with E-state index in [2.05, 4.69) is 0 Å². The van der Waals surface area contributed by atoms with Gasteiger partial charge < -0.3 is 10.0 Å². The molecule has 1 atom stereocenters. The first-order valence-electron chi connectivity index (χ1n) is 7.40. The average molecular weight is 315 g/mol. The Balaban J connectivity index is 1.99. The Morgan fingerprint density at radius 3 is 2.36 bits per heavy atom. The number of alkyl halides is 3. The molecule has 1 aromatic rings. The normalized spacial score (nSPS) is 16.4. The monoisotopic (exact) mass is 315 g/mol. The fourth-order valence-electron chi connectivity index (χ4n) is 2.50. The molecule has 1 amide bonds. The van der Waals surface area contributed by atoms with Crippen LogP contribution in [0.25, 0.3) is 0 Å². The second-order valence-electron chi connectivity index (χ2n) is 5.77. The van der Waals surface area contributed by atoms with Gasteiger partial charge >= 0.3 is 6.18 Å². The number of nitrogens with zero attached hydrogens (tertiary/aromatic N) is 1. The molecular formula is C16H20F3NO2. The molecule has 6 heteroatoms. The third-order valence-corrected chi connectivity index (χ3v) is 3.94. The van der Waals surface area contributed by atoms with Crippen LogP contribution in [0.15, 0.2) is 24.3 Å². The molecule has 0 spiro atoms. The summed E-state index contributed by atoms with van der Waals surface area (Å²) in [6.45, 7) is 2.07. The summed E-state index contributed by atoms with van der Waals surface area (Å²) in [5.41, 5.74) is 0.0239. The highest BCUT2D eigenvalue weighted by Gasteiger charge is 2.33. The van der Waals surface area contributed by atoms with Crippen LogP contribution in [0.5, 0.6) is 0 Å². The predicted octanol–water partition coefficient (Wildman–Crippen LogP) is 3.18. The van der Waals surface area contributed by atoms with Gasteiger partial charge in [0.2, 0.25) is 5.91 Å². The predicted molar refractivity (Wildman–Crippen MR) is 76.3 cm³/mol. The second kappa shape index (κ2) is 6.69. The van der Waals surface area contributed by atoms with Crippen molar-refractivity contribution in [3.8, 4) is 0 Å². The van der Waals surface area contributed by atoms with Crippen LogP contribution in [0.2, 0.25) is 0 Å². The van der Waals surface area contributed by atoms with E-state index in [-0.39, 0.29) is 30.9 Å². The number of rotatable bonds is 6. The quantitative estimate of drug-likeness (QED) is 0.876. The molecule has 1 aromatic carbocycles. The Bertz CT molecular complexity index is 509. The van der Waals surface area contributed by atoms with E-state index in [1.54, 1.807) is 4.90 Å². The maximum absolute atomic E-state index is 12.5. The van der Waals surface area contributed by atoms with Gasteiger partial charge in [0.15, 0.2) is 0 Å². The summed E-state index contributed by atoms with van der Waals surface area (Å²) < 4.78 is 37.6. The lowest BCUT2D eigenvalue weighted by Crippen LogP contribution is -2.36. The van der Waals surface area contributed by atoms with E-state index >= 15 is 0 Å². The summed E-state index contributed by atoms with van der Waals surface area (Å²) in [5, 5.41) is 9.02. The van der Waals surface area contributed by atoms with Gasteiger partial charge in [-0.3, -0.25) is 4.79 Å². The topological polar surface area (TPSA) is 40.5 Å². The van der Waals surface area contributed by atoms with E-state index in [4.69, 9.17) is 5.11 Å². The Morgan fingerprint density at radius 1 is 1.32 bits per heavy atom. The maximum Gasteiger partial charge on any atom is 0.416 e. The molecule has 1 saturated carbocycles. The van der Waals surface area contributed by atoms with Gasteiger partial charge in [-0.1, -0.05) is 19.1 Å². The van der Waals surface area contributed by atoms with Gasteiger partial charge in [-0.05, 0) is 36.5 Å². The Labute approximate surface area is 127 Å². The van der Waals surface area contributed by atoms with E-state index in [1.807, 2.05) is 6.92 Å². The van der Waals surface area contributed by atoms with Crippen molar-refractivity contribution in [2.24, 2.45) is 0 Å². The van der Waals surface area contributed by atoms with E-state index in [1.165, 1.54) is 12.1 Å². The Morgan fingerprint density at radius 2 is 1.91 bits per heavy atom. The van der Waals surface area contributed by atoms with E-state index < -0.39 is 11.7 Å². The van der Waals surface area contributed by atoms with Crippen molar-refractivity contribution < 1.29 is 23.1 Å². The molecule has 0 saturated heterocycles. The van der Waals surface area contributed by atoms with Crippen molar-refractivity contribution in [3.05, 3.63) is 35.4 Å². The van der Waals surface area contributed by atoms with Crippen molar-refractivity contribution >= 4 is 5.91 Å². The van der Waals surface area contributed by atoms with Gasteiger partial charge in [-0.15, -0.1) is 0 Å². The molecule has 0 radical (unpaired) electrons. The van der Waals surface area contributed by atoms with Gasteiger partial charge in [0.1, 0.15) is 0 Å². The standard InChI is InChI=1S/C16H20F3NO2/c1-11(10-15(22)20(8-9-21)14-6-7-14)12-2-4-13(5-3-12)16(17,18)19/h2-5,11,14,21H,6-10H2,1H3. The maximum atomic E-state index is 12.5. The van der Waals surface area contributed by atoms with Crippen molar-refractivity contribution in [2.75, 3.05) is 13.2 Å². The van der Waals surface area contributed by atoms with Crippen LogP contribution in [0.3, 0.4) is 0 Å². The molecule has 1 aliphatic carbocycles. The average Bonchev–Trinajstić information content (AvgIpc) is 3.28. The number of hydrogen-bond acceptors (Lipinski definition) is 2. The number of aliphatic hydroxyl groups is 1. The third kappa shape index (κ3) is 4.22. The summed E-state index contributed by atoms with van der Waals surface area (Å²) in [7, 11) is 0. The molecule has 1 aliphatic rings. The first-order chi connectivity index (χ1) is 10.3. The number of carbonyl (C=O) groups excluding carboxylic acids is 1. The van der Waals surface area contributed by atoms with Crippen molar-refractivity contribution in [2.45, 2.75) is 44.3 Å². The van der Waals surface area contributed by atoms with Crippen molar-refractivity contribution in [1.29, 1.82) is 0 Å². The van der Waals surface area contributed by atoms with Gasteiger partial charge in [-0.2, -0.15) is 13.2 Å². The fourth-order valence-corrected chi connectivity index (χ4v) is 2.50. The fraction of sp³-hybridized carbons (Fsp3) is 0.562. The molecule has 22 heavy (non-hydrogen) atoms. The third-order valence-electron chi connectivity index (χ3n) is 3.94. The Hall–Kier alpha value is -1.56. The minimum Gasteiger partial charge on any atom is -0.395 e. The van der Waals surface area contributed by atoms with Crippen molar-refractivity contribution in [3.63, 3.8) is 0 Å². The lowest BCUT2D eigenvalue weighted by Gasteiger charge is -2.23. The van der Waals surface area contributed by atoms with E-state index in [0.717, 1.165) is 25.0 Å². The minimum absolute atomic E-state index is 0.0519. The van der Waals surface area contributed by atoms with Gasteiger partial charge in [0.05, 0.1) is 12.2 Å². The Kier molecular flexibility index (Phi) is 5.11. The van der Waals surface area contributed by atoms with E-state index in [9.17, 15) is 18.0 Å². The zero-order valence-corrected chi connectivity index (χ0v) is 12.4. The molecule has 0 bridgehead atoms. The highest BCUT2D eigenvalue weighted by molar-refractivity contribution is 5.77. The summed E-state index contributed by atoms with van der Waals surface area (Å²) in [4.78, 5) is 13.9. The van der Waals surface area contributed by atoms with E-state index in [0.29, 0.717) is 12.1 Å². The van der Waals surface area contributed by atoms with Gasteiger partial charge in [0.25, 0.3) is 0 Å². The highest BCUT2D eigenvalue weighted by atomic mass is 19.4. The molecule has 3 nitrogen and oxygen atoms in total. The van der Waals surface area contributed by atoms with Crippen LogP contribution >= 0.6 is 0 Å². The van der Waals surface area contributed by atoms with Crippen LogP contribution in [0.1, 0.15) is 43.2 Å². The molecule has 0 aromatic heterocycles. The molecule has 0 aliphatic heterocycles. The highest BCUT2D eigenvalue weighted by Crippen LogP contribution is 2.32. The lowest BCUT2D eigenvalue weighted by atomic mass is 9.96. The van der Waals surface area contributed by atoms with Crippen LogP contribution in [-0.4, -0.2) is 35.1 Å². The minimum atomic E-state index is -4.35. The molecule has 0 heterocycles. The van der Waals surface area contributed by atoms with Crippen molar-refractivity contribution in [1.82, 2.24) is 4.90 Å². The summed E-state index contributed by atoms with van der Waals surface area (Å²) >= 11 is 0. The zero-order valence-electron chi connectivity index (χ0n) is 12.4. The summed E-state index contributed by atoms with van der Waals surface area (Å²) in [6.07, 6.45) is -2.19. The summed E-state index contributed by atoms with van der Waals surface area (Å²) in [6, 6.07) is 5.16. The van der Waals surface area contributed by atoms with Crippen LogP contribution in [0.4, 0.5) is 13.2 Å². The largest absolute Gasteiger partial charge is 0.416 e. The molecule has 122 valence electrons. The van der Waals surface area contributed by atoms with Crippen LogP contribution in [0, 0.1) is 0 Å². The van der Waals surface area contributed by atoms with Crippen LogP contribution < -0.4 is 0 Å². The van der Waals surface area contributed by atoms with Gasteiger partial charge in [0, 0.05) is 19.0 Å². The summed E-state index contributed by atoms with van der Waals surface area (Å²) in [5.74, 6) is -0.210. The first-order valence-corrected chi connectivity index (χ1v) is 7.40. The molecule has 1 N–H and O–H groups in total. The number of aliphatic hydroxyl groups excluding tert-OH is 1. The molecule has 2 rings (SSSR count). The molecule has 1 unspecified atom stereocenters. The number of benzene rings is 1. The zero-order chi connectivity index (χ0) is 16.3. The second-order valence-corrected chi connectivity index (χ2v) is 5.77. The van der Waals surface area contributed by atoms with Crippen LogP contribution in [-0.2, 0) is 11.0 Å². The van der Waals surface area contributed by atoms with Gasteiger partial charge in [-0.25, -0.2) is 0 Å². The number of hydrogen-bond donors (Lipinski definition) is 1. The molecule has 1 fully saturated rings. The SMILES string of the molecule is CC(CC(=O)N(CCO)C1CC1)c1ccc(C(F)(F)F)cc1. The lowest BCUT2D eigenvalue weighted by molar-refractivity contribution is -0.137. The number of amides is 1. The molecular weight excluding hydrogens is 295 g/mol. The smallest absolute Gasteiger partial charge is 0.395 e. The number of carbonyl (C=O) groups is 1. The number of halogens is 3.